The Kier molecular flexibility index (Phi) is 6.04. The summed E-state index contributed by atoms with van der Waals surface area (Å²) in [4.78, 5) is 33.4. The first-order chi connectivity index (χ1) is 15.9. The number of thiazole rings is 1. The van der Waals surface area contributed by atoms with Crippen molar-refractivity contribution in [3.63, 3.8) is 0 Å². The average molecular weight is 503 g/mol. The van der Waals surface area contributed by atoms with Crippen LogP contribution in [0, 0.1) is 0 Å². The van der Waals surface area contributed by atoms with E-state index in [1.54, 1.807) is 23.1 Å². The number of benzene rings is 1. The Balaban J connectivity index is 1.26. The second-order valence-electron chi connectivity index (χ2n) is 7.93. The van der Waals surface area contributed by atoms with Crippen molar-refractivity contribution in [1.29, 1.82) is 0 Å². The number of nitrogens with one attached hydrogen (secondary N) is 1. The van der Waals surface area contributed by atoms with E-state index in [9.17, 15) is 18.0 Å². The summed E-state index contributed by atoms with van der Waals surface area (Å²) in [5.41, 5.74) is 1.35. The maximum absolute atomic E-state index is 13.0. The molecule has 0 radical (unpaired) electrons. The third-order valence-electron chi connectivity index (χ3n) is 5.79. The molecule has 3 aromatic rings. The summed E-state index contributed by atoms with van der Waals surface area (Å²) in [7, 11) is -3.50. The maximum atomic E-state index is 13.0. The molecular formula is C22H22N4O4S3. The Morgan fingerprint density at radius 1 is 1.03 bits per heavy atom. The van der Waals surface area contributed by atoms with E-state index < -0.39 is 10.0 Å². The molecule has 4 heterocycles. The van der Waals surface area contributed by atoms with E-state index in [0.29, 0.717) is 48.2 Å². The van der Waals surface area contributed by atoms with Crippen LogP contribution in [0.15, 0.2) is 46.7 Å². The lowest BCUT2D eigenvalue weighted by atomic mass is 10.1. The molecule has 0 unspecified atom stereocenters. The molecule has 0 aliphatic carbocycles. The number of carbonyl (C=O) groups is 2. The van der Waals surface area contributed by atoms with Gasteiger partial charge >= 0.3 is 0 Å². The minimum absolute atomic E-state index is 0.150. The van der Waals surface area contributed by atoms with E-state index in [1.165, 1.54) is 39.1 Å². The van der Waals surface area contributed by atoms with Gasteiger partial charge in [0, 0.05) is 36.5 Å². The number of fused-ring (bicyclic) bond motifs is 1. The topological polar surface area (TPSA) is 99.7 Å². The van der Waals surface area contributed by atoms with Gasteiger partial charge in [-0.15, -0.1) is 11.3 Å². The number of carbonyl (C=O) groups excluding carboxylic acids is 2. The smallest absolute Gasteiger partial charge is 0.267 e. The SMILES string of the molecule is O=C(Nc1nc2c(s1)CN(C(=O)c1ccc(S(=O)(=O)N3CCCC3)cc1)CC2)c1cccs1. The molecule has 2 aromatic heterocycles. The van der Waals surface area contributed by atoms with E-state index in [-0.39, 0.29) is 16.7 Å². The standard InChI is InChI=1S/C22H22N4O4S3/c27-20(18-4-3-13-31-18)24-22-23-17-9-12-25(14-19(17)32-22)21(28)15-5-7-16(8-6-15)33(29,30)26-10-1-2-11-26/h3-8,13H,1-2,9-12,14H2,(H,23,24,27). The number of amides is 2. The fraction of sp³-hybridized carbons (Fsp3) is 0.318. The van der Waals surface area contributed by atoms with Crippen molar-refractivity contribution in [3.8, 4) is 0 Å². The molecule has 0 spiro atoms. The monoisotopic (exact) mass is 502 g/mol. The number of thiophene rings is 1. The quantitative estimate of drug-likeness (QED) is 0.576. The zero-order chi connectivity index (χ0) is 23.0. The van der Waals surface area contributed by atoms with Crippen molar-refractivity contribution in [2.75, 3.05) is 25.0 Å². The highest BCUT2D eigenvalue weighted by Gasteiger charge is 2.29. The van der Waals surface area contributed by atoms with Gasteiger partial charge in [0.05, 0.1) is 22.0 Å². The summed E-state index contributed by atoms with van der Waals surface area (Å²) in [6.45, 7) is 2.02. The molecule has 0 atom stereocenters. The van der Waals surface area contributed by atoms with Gasteiger partial charge in [0.15, 0.2) is 5.13 Å². The Hall–Kier alpha value is -2.60. The lowest BCUT2D eigenvalue weighted by molar-refractivity contribution is 0.0736. The van der Waals surface area contributed by atoms with Gasteiger partial charge in [-0.25, -0.2) is 13.4 Å². The third kappa shape index (κ3) is 4.45. The average Bonchev–Trinajstić information content (AvgIpc) is 3.59. The van der Waals surface area contributed by atoms with Crippen molar-refractivity contribution in [1.82, 2.24) is 14.2 Å². The van der Waals surface area contributed by atoms with E-state index >= 15 is 0 Å². The molecule has 1 saturated heterocycles. The summed E-state index contributed by atoms with van der Waals surface area (Å²) < 4.78 is 26.9. The molecule has 5 rings (SSSR count). The molecule has 2 amide bonds. The molecular weight excluding hydrogens is 480 g/mol. The van der Waals surface area contributed by atoms with Crippen LogP contribution in [0.3, 0.4) is 0 Å². The molecule has 172 valence electrons. The molecule has 2 aliphatic heterocycles. The van der Waals surface area contributed by atoms with E-state index in [2.05, 4.69) is 10.3 Å². The van der Waals surface area contributed by atoms with Crippen LogP contribution in [-0.4, -0.2) is 54.1 Å². The van der Waals surface area contributed by atoms with Crippen molar-refractivity contribution < 1.29 is 18.0 Å². The van der Waals surface area contributed by atoms with Gasteiger partial charge in [0.2, 0.25) is 10.0 Å². The molecule has 1 aromatic carbocycles. The summed E-state index contributed by atoms with van der Waals surface area (Å²) in [6, 6.07) is 9.78. The first-order valence-corrected chi connectivity index (χ1v) is 13.8. The Labute approximate surface area is 199 Å². The van der Waals surface area contributed by atoms with Crippen molar-refractivity contribution >= 4 is 49.6 Å². The first kappa shape index (κ1) is 22.2. The van der Waals surface area contributed by atoms with Gasteiger partial charge in [0.25, 0.3) is 11.8 Å². The van der Waals surface area contributed by atoms with Crippen LogP contribution in [0.25, 0.3) is 0 Å². The largest absolute Gasteiger partial charge is 0.333 e. The lowest BCUT2D eigenvalue weighted by Gasteiger charge is -2.26. The van der Waals surface area contributed by atoms with E-state index in [4.69, 9.17) is 0 Å². The van der Waals surface area contributed by atoms with Crippen LogP contribution in [-0.2, 0) is 23.0 Å². The van der Waals surface area contributed by atoms with Gasteiger partial charge in [0.1, 0.15) is 0 Å². The predicted molar refractivity (Wildman–Crippen MR) is 127 cm³/mol. The molecule has 0 bridgehead atoms. The van der Waals surface area contributed by atoms with Crippen molar-refractivity contribution in [2.24, 2.45) is 0 Å². The number of anilines is 1. The van der Waals surface area contributed by atoms with Crippen molar-refractivity contribution in [3.05, 3.63) is 62.8 Å². The number of hydrogen-bond donors (Lipinski definition) is 1. The molecule has 1 N–H and O–H groups in total. The van der Waals surface area contributed by atoms with Crippen molar-refractivity contribution in [2.45, 2.75) is 30.7 Å². The predicted octanol–water partition coefficient (Wildman–Crippen LogP) is 3.44. The highest BCUT2D eigenvalue weighted by Crippen LogP contribution is 2.30. The zero-order valence-corrected chi connectivity index (χ0v) is 20.1. The van der Waals surface area contributed by atoms with Crippen LogP contribution < -0.4 is 5.32 Å². The number of hydrogen-bond acceptors (Lipinski definition) is 7. The number of sulfonamides is 1. The number of nitrogens with zero attached hydrogens (tertiary/aromatic N) is 3. The zero-order valence-electron chi connectivity index (χ0n) is 17.7. The van der Waals surface area contributed by atoms with Crippen LogP contribution in [0.2, 0.25) is 0 Å². The fourth-order valence-corrected chi connectivity index (χ4v) is 7.17. The Bertz CT molecular complexity index is 1280. The second-order valence-corrected chi connectivity index (χ2v) is 11.9. The Morgan fingerprint density at radius 2 is 1.79 bits per heavy atom. The van der Waals surface area contributed by atoms with E-state index in [1.807, 2.05) is 11.4 Å². The lowest BCUT2D eigenvalue weighted by Crippen LogP contribution is -2.35. The summed E-state index contributed by atoms with van der Waals surface area (Å²) >= 11 is 2.75. The number of aromatic nitrogens is 1. The molecule has 33 heavy (non-hydrogen) atoms. The highest BCUT2D eigenvalue weighted by molar-refractivity contribution is 7.89. The van der Waals surface area contributed by atoms with Gasteiger partial charge in [-0.05, 0) is 48.6 Å². The fourth-order valence-electron chi connectivity index (χ4n) is 4.02. The molecule has 0 saturated carbocycles. The van der Waals surface area contributed by atoms with Gasteiger partial charge in [-0.3, -0.25) is 14.9 Å². The normalized spacial score (nSPS) is 16.5. The van der Waals surface area contributed by atoms with Gasteiger partial charge in [-0.2, -0.15) is 4.31 Å². The third-order valence-corrected chi connectivity index (χ3v) is 9.57. The molecule has 1 fully saturated rings. The van der Waals surface area contributed by atoms with Gasteiger partial charge in [-0.1, -0.05) is 17.4 Å². The molecule has 2 aliphatic rings. The van der Waals surface area contributed by atoms with Gasteiger partial charge < -0.3 is 4.90 Å². The Morgan fingerprint density at radius 3 is 2.48 bits per heavy atom. The van der Waals surface area contributed by atoms with Crippen LogP contribution in [0.4, 0.5) is 5.13 Å². The highest BCUT2D eigenvalue weighted by atomic mass is 32.2. The summed E-state index contributed by atoms with van der Waals surface area (Å²) in [6.07, 6.45) is 2.36. The van der Waals surface area contributed by atoms with E-state index in [0.717, 1.165) is 23.4 Å². The minimum Gasteiger partial charge on any atom is -0.333 e. The van der Waals surface area contributed by atoms with Crippen LogP contribution in [0.1, 0.15) is 43.4 Å². The molecule has 8 nitrogen and oxygen atoms in total. The summed E-state index contributed by atoms with van der Waals surface area (Å²) in [5.74, 6) is -0.337. The molecule has 11 heteroatoms. The van der Waals surface area contributed by atoms with Crippen LogP contribution >= 0.6 is 22.7 Å². The maximum Gasteiger partial charge on any atom is 0.267 e. The first-order valence-electron chi connectivity index (χ1n) is 10.6. The minimum atomic E-state index is -3.50. The second kappa shape index (κ2) is 8.98. The summed E-state index contributed by atoms with van der Waals surface area (Å²) in [5, 5.41) is 5.21. The van der Waals surface area contributed by atoms with Crippen LogP contribution in [0.5, 0.6) is 0 Å². The number of rotatable bonds is 5.